The van der Waals surface area contributed by atoms with Crippen LogP contribution in [0.2, 0.25) is 0 Å². The van der Waals surface area contributed by atoms with Crippen molar-refractivity contribution in [1.29, 1.82) is 0 Å². The molecule has 0 radical (unpaired) electrons. The van der Waals surface area contributed by atoms with Crippen LogP contribution in [0.15, 0.2) is 47.1 Å². The fourth-order valence-electron chi connectivity index (χ4n) is 2.22. The van der Waals surface area contributed by atoms with E-state index >= 15 is 0 Å². The van der Waals surface area contributed by atoms with Gasteiger partial charge >= 0.3 is 7.05 Å². The lowest BCUT2D eigenvalue weighted by Gasteiger charge is -2.36. The van der Waals surface area contributed by atoms with E-state index in [1.165, 1.54) is 5.56 Å². The van der Waals surface area contributed by atoms with Crippen LogP contribution < -0.4 is 15.5 Å². The Morgan fingerprint density at radius 1 is 1.12 bits per heavy atom. The van der Waals surface area contributed by atoms with Gasteiger partial charge in [0.05, 0.1) is 6.26 Å². The van der Waals surface area contributed by atoms with Gasteiger partial charge < -0.3 is 14.3 Å². The van der Waals surface area contributed by atoms with Crippen LogP contribution in [0.3, 0.4) is 0 Å². The first-order valence-electron chi connectivity index (χ1n) is 5.74. The highest BCUT2D eigenvalue weighted by molar-refractivity contribution is 6.64. The van der Waals surface area contributed by atoms with E-state index in [1.807, 2.05) is 30.3 Å². The maximum absolute atomic E-state index is 5.91. The lowest BCUT2D eigenvalue weighted by atomic mass is 9.72. The van der Waals surface area contributed by atoms with E-state index in [2.05, 4.69) is 25.1 Å². The Labute approximate surface area is 101 Å². The summed E-state index contributed by atoms with van der Waals surface area (Å²) in [6.07, 6.45) is 1.66. The van der Waals surface area contributed by atoms with E-state index in [0.29, 0.717) is 0 Å². The number of para-hydroxylation sites is 1. The second-order valence-electron chi connectivity index (χ2n) is 4.78. The molecule has 1 aromatic heterocycles. The summed E-state index contributed by atoms with van der Waals surface area (Å²) in [5.41, 5.74) is 1.84. The lowest BCUT2D eigenvalue weighted by Crippen LogP contribution is -2.59. The first-order valence-corrected chi connectivity index (χ1v) is 5.74. The van der Waals surface area contributed by atoms with Gasteiger partial charge in [-0.3, -0.25) is 0 Å². The molecule has 1 aliphatic rings. The Hall–Kier alpha value is -1.68. The molecular formula is C13H14BNO2. The molecule has 0 aliphatic carbocycles. The summed E-state index contributed by atoms with van der Waals surface area (Å²) in [5.74, 6) is 0.914. The van der Waals surface area contributed by atoms with E-state index in [0.717, 1.165) is 11.4 Å². The van der Waals surface area contributed by atoms with Crippen molar-refractivity contribution in [3.8, 4) is 5.75 Å². The SMILES string of the molecule is CC1(C)NB(c2ccco2)Oc2ccccc21. The Bertz CT molecular complexity index is 522. The molecule has 0 atom stereocenters. The standard InChI is InChI=1S/C13H14BNO2/c1-13(2)10-6-3-4-7-11(10)17-14(15-13)12-8-5-9-16-12/h3-9,15H,1-2H3. The third-order valence-electron chi connectivity index (χ3n) is 3.10. The molecule has 0 saturated carbocycles. The second-order valence-corrected chi connectivity index (χ2v) is 4.78. The largest absolute Gasteiger partial charge is 0.540 e. The molecule has 4 heteroatoms. The lowest BCUT2D eigenvalue weighted by molar-refractivity contribution is 0.392. The fourth-order valence-corrected chi connectivity index (χ4v) is 2.22. The molecule has 2 heterocycles. The monoisotopic (exact) mass is 227 g/mol. The van der Waals surface area contributed by atoms with Gasteiger partial charge in [0.15, 0.2) is 0 Å². The van der Waals surface area contributed by atoms with E-state index in [-0.39, 0.29) is 12.6 Å². The summed E-state index contributed by atoms with van der Waals surface area (Å²) in [6, 6.07) is 11.9. The van der Waals surface area contributed by atoms with Gasteiger partial charge in [-0.15, -0.1) is 0 Å². The van der Waals surface area contributed by atoms with Crippen molar-refractivity contribution < 1.29 is 9.07 Å². The highest BCUT2D eigenvalue weighted by Crippen LogP contribution is 2.33. The second kappa shape index (κ2) is 3.67. The first kappa shape index (κ1) is 10.5. The Morgan fingerprint density at radius 2 is 1.94 bits per heavy atom. The van der Waals surface area contributed by atoms with Crippen LogP contribution in [0.25, 0.3) is 0 Å². The van der Waals surface area contributed by atoms with Gasteiger partial charge in [-0.25, -0.2) is 0 Å². The number of furan rings is 1. The van der Waals surface area contributed by atoms with Crippen LogP contribution in [-0.4, -0.2) is 7.05 Å². The van der Waals surface area contributed by atoms with Crippen molar-refractivity contribution in [3.63, 3.8) is 0 Å². The molecule has 0 unspecified atom stereocenters. The summed E-state index contributed by atoms with van der Waals surface area (Å²) in [7, 11) is -0.227. The van der Waals surface area contributed by atoms with Crippen LogP contribution in [0, 0.1) is 0 Å². The van der Waals surface area contributed by atoms with Crippen LogP contribution in [-0.2, 0) is 5.54 Å². The van der Waals surface area contributed by atoms with Crippen LogP contribution >= 0.6 is 0 Å². The molecular weight excluding hydrogens is 213 g/mol. The maximum Gasteiger partial charge on any atom is 0.521 e. The van der Waals surface area contributed by atoms with Crippen molar-refractivity contribution in [2.75, 3.05) is 0 Å². The first-order chi connectivity index (χ1) is 8.17. The molecule has 3 nitrogen and oxygen atoms in total. The van der Waals surface area contributed by atoms with E-state index in [1.54, 1.807) is 6.26 Å². The Kier molecular flexibility index (Phi) is 2.26. The number of rotatable bonds is 1. The summed E-state index contributed by atoms with van der Waals surface area (Å²) < 4.78 is 11.3. The van der Waals surface area contributed by atoms with Gasteiger partial charge in [-0.1, -0.05) is 18.2 Å². The van der Waals surface area contributed by atoms with Gasteiger partial charge in [0, 0.05) is 11.1 Å². The quantitative estimate of drug-likeness (QED) is 0.755. The number of nitrogens with one attached hydrogen (secondary N) is 1. The molecule has 1 N–H and O–H groups in total. The van der Waals surface area contributed by atoms with Crippen molar-refractivity contribution in [1.82, 2.24) is 5.23 Å². The summed E-state index contributed by atoms with van der Waals surface area (Å²) in [6.45, 7) is 4.29. The van der Waals surface area contributed by atoms with Crippen molar-refractivity contribution in [3.05, 3.63) is 48.2 Å². The van der Waals surface area contributed by atoms with Crippen LogP contribution in [0.1, 0.15) is 19.4 Å². The summed E-state index contributed by atoms with van der Waals surface area (Å²) in [5, 5.41) is 3.44. The summed E-state index contributed by atoms with van der Waals surface area (Å²) >= 11 is 0. The molecule has 86 valence electrons. The van der Waals surface area contributed by atoms with Crippen LogP contribution in [0.4, 0.5) is 0 Å². The van der Waals surface area contributed by atoms with Crippen LogP contribution in [0.5, 0.6) is 5.75 Å². The van der Waals surface area contributed by atoms with E-state index in [4.69, 9.17) is 9.07 Å². The zero-order valence-corrected chi connectivity index (χ0v) is 9.94. The third-order valence-corrected chi connectivity index (χ3v) is 3.10. The molecule has 2 aromatic rings. The minimum absolute atomic E-state index is 0.133. The smallest absolute Gasteiger partial charge is 0.521 e. The zero-order chi connectivity index (χ0) is 11.9. The molecule has 1 aromatic carbocycles. The zero-order valence-electron chi connectivity index (χ0n) is 9.94. The molecule has 0 fully saturated rings. The van der Waals surface area contributed by atoms with Crippen molar-refractivity contribution in [2.24, 2.45) is 0 Å². The van der Waals surface area contributed by atoms with Gasteiger partial charge in [0.25, 0.3) is 0 Å². The highest BCUT2D eigenvalue weighted by atomic mass is 16.5. The molecule has 1 aliphatic heterocycles. The predicted octanol–water partition coefficient (Wildman–Crippen LogP) is 1.89. The summed E-state index contributed by atoms with van der Waals surface area (Å²) in [4.78, 5) is 0. The van der Waals surface area contributed by atoms with Crippen molar-refractivity contribution in [2.45, 2.75) is 19.4 Å². The molecule has 0 spiro atoms. The number of hydrogen-bond donors (Lipinski definition) is 1. The normalized spacial score (nSPS) is 17.4. The average molecular weight is 227 g/mol. The third kappa shape index (κ3) is 1.74. The predicted molar refractivity (Wildman–Crippen MR) is 67.3 cm³/mol. The van der Waals surface area contributed by atoms with Crippen molar-refractivity contribution >= 4 is 12.7 Å². The topological polar surface area (TPSA) is 34.4 Å². The maximum atomic E-state index is 5.91. The number of fused-ring (bicyclic) bond motifs is 1. The van der Waals surface area contributed by atoms with Gasteiger partial charge in [0.1, 0.15) is 11.4 Å². The van der Waals surface area contributed by atoms with E-state index in [9.17, 15) is 0 Å². The molecule has 3 rings (SSSR count). The fraction of sp³-hybridized carbons (Fsp3) is 0.231. The minimum Gasteiger partial charge on any atom is -0.540 e. The Morgan fingerprint density at radius 3 is 2.71 bits per heavy atom. The van der Waals surface area contributed by atoms with Gasteiger partial charge in [-0.2, -0.15) is 0 Å². The number of benzene rings is 1. The van der Waals surface area contributed by atoms with Gasteiger partial charge in [0.2, 0.25) is 0 Å². The minimum atomic E-state index is -0.227. The molecule has 17 heavy (non-hydrogen) atoms. The number of hydrogen-bond acceptors (Lipinski definition) is 3. The molecule has 0 amide bonds. The average Bonchev–Trinajstić information content (AvgIpc) is 2.81. The Balaban J connectivity index is 2.02. The van der Waals surface area contributed by atoms with Gasteiger partial charge in [-0.05, 0) is 32.0 Å². The molecule has 0 saturated heterocycles. The molecule has 0 bridgehead atoms. The van der Waals surface area contributed by atoms with E-state index < -0.39 is 0 Å². The highest BCUT2D eigenvalue weighted by Gasteiger charge is 2.39.